The van der Waals surface area contributed by atoms with E-state index in [4.69, 9.17) is 10.0 Å². The molecule has 0 saturated carbocycles. The number of nitrogens with zero attached hydrogens (tertiary/aromatic N) is 1. The van der Waals surface area contributed by atoms with Gasteiger partial charge in [-0.05, 0) is 32.4 Å². The first kappa shape index (κ1) is 13.2. The van der Waals surface area contributed by atoms with Crippen LogP contribution in [0.4, 0.5) is 4.39 Å². The summed E-state index contributed by atoms with van der Waals surface area (Å²) >= 11 is 0. The number of hydrogen-bond donors (Lipinski definition) is 2. The zero-order valence-electron chi connectivity index (χ0n) is 9.81. The van der Waals surface area contributed by atoms with E-state index in [1.807, 2.05) is 25.8 Å². The molecule has 0 radical (unpaired) electrons. The number of benzene rings is 1. The third kappa shape index (κ3) is 3.30. The molecule has 0 unspecified atom stereocenters. The highest BCUT2D eigenvalue weighted by Gasteiger charge is 2.14. The van der Waals surface area contributed by atoms with E-state index in [2.05, 4.69) is 0 Å². The molecule has 88 valence electrons. The van der Waals surface area contributed by atoms with E-state index in [0.29, 0.717) is 18.2 Å². The highest BCUT2D eigenvalue weighted by molar-refractivity contribution is 6.58. The standard InChI is InChI=1S/C11H17BFNO2/c1-8(2)14(3)7-9-4-5-10(12(15)16)6-11(9)13/h4-6,8,15-16H,7H2,1-3H3. The molecule has 0 aliphatic rings. The van der Waals surface area contributed by atoms with Crippen molar-refractivity contribution in [2.24, 2.45) is 0 Å². The van der Waals surface area contributed by atoms with Crippen LogP contribution in [0.1, 0.15) is 19.4 Å². The lowest BCUT2D eigenvalue weighted by molar-refractivity contribution is 0.262. The molecule has 0 fully saturated rings. The lowest BCUT2D eigenvalue weighted by atomic mass is 9.80. The van der Waals surface area contributed by atoms with E-state index in [1.54, 1.807) is 6.07 Å². The molecule has 0 saturated heterocycles. The van der Waals surface area contributed by atoms with Gasteiger partial charge in [0.15, 0.2) is 0 Å². The van der Waals surface area contributed by atoms with Gasteiger partial charge in [0.2, 0.25) is 0 Å². The summed E-state index contributed by atoms with van der Waals surface area (Å²) in [4.78, 5) is 2.01. The van der Waals surface area contributed by atoms with Gasteiger partial charge in [-0.3, -0.25) is 4.90 Å². The first-order valence-corrected chi connectivity index (χ1v) is 5.26. The molecule has 0 aromatic heterocycles. The van der Waals surface area contributed by atoms with Crippen molar-refractivity contribution in [1.29, 1.82) is 0 Å². The van der Waals surface area contributed by atoms with Crippen LogP contribution in [-0.2, 0) is 6.54 Å². The zero-order valence-corrected chi connectivity index (χ0v) is 9.81. The van der Waals surface area contributed by atoms with Crippen molar-refractivity contribution < 1.29 is 14.4 Å². The first-order chi connectivity index (χ1) is 7.41. The van der Waals surface area contributed by atoms with Gasteiger partial charge in [0.05, 0.1) is 0 Å². The summed E-state index contributed by atoms with van der Waals surface area (Å²) in [5.74, 6) is -0.405. The summed E-state index contributed by atoms with van der Waals surface area (Å²) in [7, 11) is 0.296. The molecular formula is C11H17BFNO2. The molecule has 2 N–H and O–H groups in total. The third-order valence-corrected chi connectivity index (χ3v) is 2.68. The highest BCUT2D eigenvalue weighted by atomic mass is 19.1. The second-order valence-corrected chi connectivity index (χ2v) is 4.23. The van der Waals surface area contributed by atoms with E-state index in [9.17, 15) is 4.39 Å². The van der Waals surface area contributed by atoms with Crippen molar-refractivity contribution in [3.63, 3.8) is 0 Å². The summed E-state index contributed by atoms with van der Waals surface area (Å²) in [5.41, 5.74) is 0.731. The molecular weight excluding hydrogens is 208 g/mol. The van der Waals surface area contributed by atoms with Gasteiger partial charge in [-0.25, -0.2) is 4.39 Å². The second-order valence-electron chi connectivity index (χ2n) is 4.23. The molecule has 3 nitrogen and oxygen atoms in total. The van der Waals surface area contributed by atoms with E-state index < -0.39 is 12.9 Å². The van der Waals surface area contributed by atoms with E-state index in [1.165, 1.54) is 6.07 Å². The van der Waals surface area contributed by atoms with Crippen LogP contribution in [0.25, 0.3) is 0 Å². The van der Waals surface area contributed by atoms with Crippen molar-refractivity contribution in [3.05, 3.63) is 29.6 Å². The highest BCUT2D eigenvalue weighted by Crippen LogP contribution is 2.09. The topological polar surface area (TPSA) is 43.7 Å². The number of rotatable bonds is 4. The molecule has 16 heavy (non-hydrogen) atoms. The predicted octanol–water partition coefficient (Wildman–Crippen LogP) is 0.346. The van der Waals surface area contributed by atoms with Gasteiger partial charge in [0.25, 0.3) is 0 Å². The minimum atomic E-state index is -1.62. The Morgan fingerprint density at radius 2 is 2.00 bits per heavy atom. The van der Waals surface area contributed by atoms with Crippen LogP contribution in [0.3, 0.4) is 0 Å². The minimum Gasteiger partial charge on any atom is -0.423 e. The third-order valence-electron chi connectivity index (χ3n) is 2.68. The molecule has 1 rings (SSSR count). The summed E-state index contributed by atoms with van der Waals surface area (Å²) in [6.07, 6.45) is 0. The molecule has 1 aromatic rings. The first-order valence-electron chi connectivity index (χ1n) is 5.26. The van der Waals surface area contributed by atoms with Crippen LogP contribution in [0.5, 0.6) is 0 Å². The fourth-order valence-electron chi connectivity index (χ4n) is 1.30. The van der Waals surface area contributed by atoms with Gasteiger partial charge in [0.1, 0.15) is 5.82 Å². The van der Waals surface area contributed by atoms with E-state index in [-0.39, 0.29) is 5.46 Å². The summed E-state index contributed by atoms with van der Waals surface area (Å²) in [6.45, 7) is 4.57. The summed E-state index contributed by atoms with van der Waals surface area (Å²) < 4.78 is 13.6. The molecule has 5 heteroatoms. The van der Waals surface area contributed by atoms with Gasteiger partial charge in [0, 0.05) is 18.2 Å². The Kier molecular flexibility index (Phi) is 4.47. The monoisotopic (exact) mass is 225 g/mol. The van der Waals surface area contributed by atoms with Crippen LogP contribution in [0.2, 0.25) is 0 Å². The zero-order chi connectivity index (χ0) is 12.3. The van der Waals surface area contributed by atoms with Crippen LogP contribution in [0, 0.1) is 5.82 Å². The SMILES string of the molecule is CC(C)N(C)Cc1ccc(B(O)O)cc1F. The molecule has 0 bridgehead atoms. The average molecular weight is 225 g/mol. The Hall–Kier alpha value is -0.905. The van der Waals surface area contributed by atoms with Gasteiger partial charge in [-0.2, -0.15) is 0 Å². The molecule has 1 aromatic carbocycles. The molecule has 0 aliphatic heterocycles. The molecule has 0 atom stereocenters. The Morgan fingerprint density at radius 3 is 2.44 bits per heavy atom. The Bertz CT molecular complexity index is 358. The normalized spacial score (nSPS) is 11.2. The van der Waals surface area contributed by atoms with E-state index in [0.717, 1.165) is 6.07 Å². The lowest BCUT2D eigenvalue weighted by Gasteiger charge is -2.21. The summed E-state index contributed by atoms with van der Waals surface area (Å²) in [5, 5.41) is 17.8. The van der Waals surface area contributed by atoms with Gasteiger partial charge in [-0.15, -0.1) is 0 Å². The van der Waals surface area contributed by atoms with Crippen molar-refractivity contribution in [1.82, 2.24) is 4.90 Å². The fourth-order valence-corrected chi connectivity index (χ4v) is 1.30. The van der Waals surface area contributed by atoms with Crippen molar-refractivity contribution in [2.75, 3.05) is 7.05 Å². The maximum absolute atomic E-state index is 13.6. The predicted molar refractivity (Wildman–Crippen MR) is 62.8 cm³/mol. The smallest absolute Gasteiger partial charge is 0.423 e. The van der Waals surface area contributed by atoms with Crippen molar-refractivity contribution >= 4 is 12.6 Å². The maximum Gasteiger partial charge on any atom is 0.488 e. The quantitative estimate of drug-likeness (QED) is 0.726. The van der Waals surface area contributed by atoms with Crippen LogP contribution in [0.15, 0.2) is 18.2 Å². The van der Waals surface area contributed by atoms with Crippen LogP contribution >= 0.6 is 0 Å². The molecule has 0 amide bonds. The second kappa shape index (κ2) is 5.43. The maximum atomic E-state index is 13.6. The van der Waals surface area contributed by atoms with Gasteiger partial charge < -0.3 is 10.0 Å². The fraction of sp³-hybridized carbons (Fsp3) is 0.455. The van der Waals surface area contributed by atoms with Crippen molar-refractivity contribution in [3.8, 4) is 0 Å². The van der Waals surface area contributed by atoms with Crippen LogP contribution < -0.4 is 5.46 Å². The summed E-state index contributed by atoms with van der Waals surface area (Å²) in [6, 6.07) is 4.61. The number of hydrogen-bond acceptors (Lipinski definition) is 3. The molecule has 0 heterocycles. The Balaban J connectivity index is 2.83. The Morgan fingerprint density at radius 1 is 1.38 bits per heavy atom. The van der Waals surface area contributed by atoms with Gasteiger partial charge in [-0.1, -0.05) is 12.1 Å². The van der Waals surface area contributed by atoms with Gasteiger partial charge >= 0.3 is 7.12 Å². The van der Waals surface area contributed by atoms with E-state index >= 15 is 0 Å². The molecule has 0 aliphatic carbocycles. The van der Waals surface area contributed by atoms with Crippen molar-refractivity contribution in [2.45, 2.75) is 26.4 Å². The lowest BCUT2D eigenvalue weighted by Crippen LogP contribution is -2.31. The minimum absolute atomic E-state index is 0.174. The average Bonchev–Trinajstić information content (AvgIpc) is 2.20. The van der Waals surface area contributed by atoms with Crippen LogP contribution in [-0.4, -0.2) is 35.2 Å². The molecule has 0 spiro atoms. The number of halogens is 1. The largest absolute Gasteiger partial charge is 0.488 e. The Labute approximate surface area is 95.7 Å².